The van der Waals surface area contributed by atoms with E-state index in [4.69, 9.17) is 4.74 Å². The van der Waals surface area contributed by atoms with E-state index >= 15 is 0 Å². The Labute approximate surface area is 131 Å². The van der Waals surface area contributed by atoms with Gasteiger partial charge in [-0.25, -0.2) is 0 Å². The quantitative estimate of drug-likeness (QED) is 0.783. The van der Waals surface area contributed by atoms with Crippen molar-refractivity contribution in [1.29, 1.82) is 0 Å². The minimum absolute atomic E-state index is 0.0324. The Kier molecular flexibility index (Phi) is 6.21. The van der Waals surface area contributed by atoms with Crippen molar-refractivity contribution in [3.05, 3.63) is 29.3 Å². The average molecular weight is 307 g/mol. The van der Waals surface area contributed by atoms with E-state index in [0.717, 1.165) is 44.5 Å². The van der Waals surface area contributed by atoms with Gasteiger partial charge in [0.1, 0.15) is 5.75 Å². The van der Waals surface area contributed by atoms with E-state index in [1.165, 1.54) is 0 Å². The highest BCUT2D eigenvalue weighted by Crippen LogP contribution is 2.23. The van der Waals surface area contributed by atoms with E-state index < -0.39 is 0 Å². The molecule has 0 saturated carbocycles. The van der Waals surface area contributed by atoms with Crippen LogP contribution in [0.3, 0.4) is 0 Å². The molecule has 0 radical (unpaired) electrons. The minimum atomic E-state index is -0.146. The highest BCUT2D eigenvalue weighted by Gasteiger charge is 2.25. The van der Waals surface area contributed by atoms with Crippen molar-refractivity contribution in [3.8, 4) is 5.75 Å². The summed E-state index contributed by atoms with van der Waals surface area (Å²) in [6.07, 6.45) is 2.46. The van der Waals surface area contributed by atoms with E-state index in [1.807, 2.05) is 13.0 Å². The Morgan fingerprint density at radius 1 is 1.36 bits per heavy atom. The van der Waals surface area contributed by atoms with Gasteiger partial charge in [-0.2, -0.15) is 0 Å². The topological polar surface area (TPSA) is 70.0 Å². The van der Waals surface area contributed by atoms with E-state index in [-0.39, 0.29) is 24.2 Å². The van der Waals surface area contributed by atoms with Gasteiger partial charge in [0.25, 0.3) is 0 Å². The van der Waals surface area contributed by atoms with Crippen LogP contribution in [0, 0.1) is 5.92 Å². The molecule has 1 aliphatic heterocycles. The fraction of sp³-hybridized carbons (Fsp3) is 0.588. The van der Waals surface area contributed by atoms with Gasteiger partial charge in [0.2, 0.25) is 0 Å². The molecule has 0 unspecified atom stereocenters. The van der Waals surface area contributed by atoms with Gasteiger partial charge in [-0.05, 0) is 50.9 Å². The number of phenols is 1. The second kappa shape index (κ2) is 8.15. The summed E-state index contributed by atoms with van der Waals surface area (Å²) in [7, 11) is 0. The Bertz CT molecular complexity index is 495. The van der Waals surface area contributed by atoms with Crippen molar-refractivity contribution in [2.75, 3.05) is 26.2 Å². The molecule has 0 aromatic heterocycles. The first-order valence-electron chi connectivity index (χ1n) is 7.95. The van der Waals surface area contributed by atoms with Crippen LogP contribution in [0.4, 0.5) is 0 Å². The summed E-state index contributed by atoms with van der Waals surface area (Å²) in [5.74, 6) is 0.115. The molecule has 22 heavy (non-hydrogen) atoms. The van der Waals surface area contributed by atoms with Crippen LogP contribution in [-0.2, 0) is 22.6 Å². The van der Waals surface area contributed by atoms with E-state index in [1.54, 1.807) is 12.1 Å². The summed E-state index contributed by atoms with van der Waals surface area (Å²) in [5, 5.41) is 19.1. The maximum atomic E-state index is 11.7. The number of piperidine rings is 1. The first-order chi connectivity index (χ1) is 10.7. The lowest BCUT2D eigenvalue weighted by Crippen LogP contribution is -2.38. The lowest BCUT2D eigenvalue weighted by atomic mass is 9.96. The van der Waals surface area contributed by atoms with Crippen LogP contribution in [0.15, 0.2) is 18.2 Å². The Morgan fingerprint density at radius 2 is 2.09 bits per heavy atom. The maximum Gasteiger partial charge on any atom is 0.309 e. The van der Waals surface area contributed by atoms with E-state index in [2.05, 4.69) is 4.90 Å². The molecule has 2 rings (SSSR count). The van der Waals surface area contributed by atoms with Crippen molar-refractivity contribution in [2.45, 2.75) is 32.8 Å². The smallest absolute Gasteiger partial charge is 0.309 e. The molecule has 2 N–H and O–H groups in total. The van der Waals surface area contributed by atoms with Crippen molar-refractivity contribution in [2.24, 2.45) is 5.92 Å². The van der Waals surface area contributed by atoms with Gasteiger partial charge >= 0.3 is 5.97 Å². The first-order valence-corrected chi connectivity index (χ1v) is 7.95. The normalized spacial score (nSPS) is 16.6. The molecular formula is C17H25NO4. The molecule has 1 aliphatic rings. The summed E-state index contributed by atoms with van der Waals surface area (Å²) < 4.78 is 5.08. The number of benzene rings is 1. The third-order valence-electron chi connectivity index (χ3n) is 4.31. The van der Waals surface area contributed by atoms with E-state index in [9.17, 15) is 15.0 Å². The number of nitrogens with zero attached hydrogens (tertiary/aromatic N) is 1. The molecule has 122 valence electrons. The SMILES string of the molecule is CCOC(=O)C1CCN(CCc2cccc(O)c2CO)CC1. The monoisotopic (exact) mass is 307 g/mol. The standard InChI is InChI=1S/C17H25NO4/c1-2-22-17(21)14-7-10-18(11-8-14)9-6-13-4-3-5-16(20)15(13)12-19/h3-5,14,19-20H,2,6-12H2,1H3. The number of likely N-dealkylation sites (tertiary alicyclic amines) is 1. The Hall–Kier alpha value is -1.59. The fourth-order valence-corrected chi connectivity index (χ4v) is 2.97. The molecule has 0 amide bonds. The number of aliphatic hydroxyl groups excluding tert-OH is 1. The number of hydrogen-bond donors (Lipinski definition) is 2. The average Bonchev–Trinajstić information content (AvgIpc) is 2.53. The fourth-order valence-electron chi connectivity index (χ4n) is 2.97. The molecule has 1 heterocycles. The number of aliphatic hydroxyl groups is 1. The zero-order chi connectivity index (χ0) is 15.9. The van der Waals surface area contributed by atoms with Gasteiger partial charge in [0.15, 0.2) is 0 Å². The third kappa shape index (κ3) is 4.21. The van der Waals surface area contributed by atoms with Crippen molar-refractivity contribution in [1.82, 2.24) is 4.90 Å². The molecule has 1 aromatic carbocycles. The number of ether oxygens (including phenoxy) is 1. The van der Waals surface area contributed by atoms with Gasteiger partial charge < -0.3 is 19.8 Å². The van der Waals surface area contributed by atoms with Gasteiger partial charge in [-0.3, -0.25) is 4.79 Å². The molecule has 1 fully saturated rings. The Morgan fingerprint density at radius 3 is 2.73 bits per heavy atom. The minimum Gasteiger partial charge on any atom is -0.508 e. The van der Waals surface area contributed by atoms with Gasteiger partial charge in [0, 0.05) is 12.1 Å². The molecule has 0 aliphatic carbocycles. The van der Waals surface area contributed by atoms with Crippen LogP contribution >= 0.6 is 0 Å². The van der Waals surface area contributed by atoms with Crippen LogP contribution in [0.5, 0.6) is 5.75 Å². The number of esters is 1. The number of carbonyl (C=O) groups is 1. The summed E-state index contributed by atoms with van der Waals surface area (Å²) >= 11 is 0. The predicted octanol–water partition coefficient (Wildman–Crippen LogP) is 1.70. The third-order valence-corrected chi connectivity index (χ3v) is 4.31. The van der Waals surface area contributed by atoms with Crippen LogP contribution in [0.2, 0.25) is 0 Å². The summed E-state index contributed by atoms with van der Waals surface area (Å²) in [5.41, 5.74) is 1.60. The molecule has 5 nitrogen and oxygen atoms in total. The summed E-state index contributed by atoms with van der Waals surface area (Å²) in [6.45, 7) is 4.77. The maximum absolute atomic E-state index is 11.7. The van der Waals surface area contributed by atoms with Gasteiger partial charge in [-0.15, -0.1) is 0 Å². The molecule has 1 saturated heterocycles. The molecular weight excluding hydrogens is 282 g/mol. The van der Waals surface area contributed by atoms with E-state index in [0.29, 0.717) is 12.2 Å². The lowest BCUT2D eigenvalue weighted by Gasteiger charge is -2.30. The predicted molar refractivity (Wildman–Crippen MR) is 83.5 cm³/mol. The van der Waals surface area contributed by atoms with Gasteiger partial charge in [0.05, 0.1) is 19.1 Å². The van der Waals surface area contributed by atoms with Crippen LogP contribution in [0.25, 0.3) is 0 Å². The number of aromatic hydroxyl groups is 1. The molecule has 1 aromatic rings. The highest BCUT2D eigenvalue weighted by atomic mass is 16.5. The largest absolute Gasteiger partial charge is 0.508 e. The van der Waals surface area contributed by atoms with Crippen LogP contribution in [-0.4, -0.2) is 47.3 Å². The zero-order valence-corrected chi connectivity index (χ0v) is 13.1. The summed E-state index contributed by atoms with van der Waals surface area (Å²) in [4.78, 5) is 14.0. The number of hydrogen-bond acceptors (Lipinski definition) is 5. The molecule has 0 spiro atoms. The second-order valence-electron chi connectivity index (χ2n) is 5.69. The highest BCUT2D eigenvalue weighted by molar-refractivity contribution is 5.72. The number of carbonyl (C=O) groups excluding carboxylic acids is 1. The Balaban J connectivity index is 1.82. The number of rotatable bonds is 6. The molecule has 5 heteroatoms. The van der Waals surface area contributed by atoms with Crippen molar-refractivity contribution < 1.29 is 19.7 Å². The van der Waals surface area contributed by atoms with Gasteiger partial charge in [-0.1, -0.05) is 12.1 Å². The van der Waals surface area contributed by atoms with Crippen LogP contribution < -0.4 is 0 Å². The van der Waals surface area contributed by atoms with Crippen molar-refractivity contribution >= 4 is 5.97 Å². The first kappa shape index (κ1) is 16.8. The van der Waals surface area contributed by atoms with Crippen LogP contribution in [0.1, 0.15) is 30.9 Å². The zero-order valence-electron chi connectivity index (χ0n) is 13.1. The second-order valence-corrected chi connectivity index (χ2v) is 5.69. The summed E-state index contributed by atoms with van der Waals surface area (Å²) in [6, 6.07) is 5.34. The molecule has 0 bridgehead atoms. The molecule has 0 atom stereocenters. The lowest BCUT2D eigenvalue weighted by molar-refractivity contribution is -0.149. The van der Waals surface area contributed by atoms with Crippen molar-refractivity contribution in [3.63, 3.8) is 0 Å².